The van der Waals surface area contributed by atoms with Crippen LogP contribution in [-0.2, 0) is 9.53 Å². The van der Waals surface area contributed by atoms with Crippen molar-refractivity contribution < 1.29 is 22.7 Å². The van der Waals surface area contributed by atoms with Crippen LogP contribution in [0.4, 0.5) is 13.2 Å². The van der Waals surface area contributed by atoms with Crippen LogP contribution in [0.5, 0.6) is 0 Å². The Morgan fingerprint density at radius 2 is 1.79 bits per heavy atom. The fourth-order valence-corrected chi connectivity index (χ4v) is 2.02. The average Bonchev–Trinajstić information content (AvgIpc) is 2.34. The molecular formula is C11H20F3N3O2. The normalized spacial score (nSPS) is 20.3. The zero-order chi connectivity index (χ0) is 14.5. The van der Waals surface area contributed by atoms with Crippen molar-refractivity contribution in [3.05, 3.63) is 0 Å². The largest absolute Gasteiger partial charge is 0.468 e. The summed E-state index contributed by atoms with van der Waals surface area (Å²) in [7, 11) is 1.28. The van der Waals surface area contributed by atoms with E-state index in [1.54, 1.807) is 0 Å². The Morgan fingerprint density at radius 1 is 1.26 bits per heavy atom. The molecule has 0 aromatic carbocycles. The van der Waals surface area contributed by atoms with Gasteiger partial charge in [-0.25, -0.2) is 0 Å². The van der Waals surface area contributed by atoms with E-state index in [-0.39, 0.29) is 0 Å². The van der Waals surface area contributed by atoms with E-state index in [0.29, 0.717) is 39.1 Å². The third-order valence-electron chi connectivity index (χ3n) is 3.13. The molecule has 0 bridgehead atoms. The highest BCUT2D eigenvalue weighted by atomic mass is 19.4. The first-order chi connectivity index (χ1) is 8.81. The molecule has 0 radical (unpaired) electrons. The number of hydrogen-bond donors (Lipinski definition) is 1. The number of carbonyl (C=O) groups excluding carboxylic acids is 1. The van der Waals surface area contributed by atoms with Gasteiger partial charge in [0.05, 0.1) is 13.7 Å². The molecule has 5 nitrogen and oxygen atoms in total. The molecule has 2 N–H and O–H groups in total. The minimum atomic E-state index is -4.14. The fourth-order valence-electron chi connectivity index (χ4n) is 2.02. The van der Waals surface area contributed by atoms with Crippen LogP contribution < -0.4 is 5.73 Å². The fraction of sp³-hybridized carbons (Fsp3) is 0.909. The van der Waals surface area contributed by atoms with E-state index in [4.69, 9.17) is 5.73 Å². The summed E-state index contributed by atoms with van der Waals surface area (Å²) in [5.74, 6) is -0.462. The third-order valence-corrected chi connectivity index (χ3v) is 3.13. The van der Waals surface area contributed by atoms with E-state index in [1.165, 1.54) is 12.0 Å². The van der Waals surface area contributed by atoms with E-state index in [0.717, 1.165) is 0 Å². The summed E-state index contributed by atoms with van der Waals surface area (Å²) in [6, 6.07) is -0.668. The highest BCUT2D eigenvalue weighted by Crippen LogP contribution is 2.17. The Hall–Kier alpha value is -0.860. The Labute approximate surface area is 110 Å². The van der Waals surface area contributed by atoms with Gasteiger partial charge in [0, 0.05) is 32.7 Å². The highest BCUT2D eigenvalue weighted by Gasteiger charge is 2.32. The van der Waals surface area contributed by atoms with Crippen LogP contribution in [0.25, 0.3) is 0 Å². The molecule has 0 amide bonds. The van der Waals surface area contributed by atoms with Crippen molar-refractivity contribution in [2.75, 3.05) is 46.4 Å². The number of carbonyl (C=O) groups is 1. The summed E-state index contributed by atoms with van der Waals surface area (Å²) in [6.07, 6.45) is -3.69. The van der Waals surface area contributed by atoms with Crippen LogP contribution in [0, 0.1) is 0 Å². The van der Waals surface area contributed by atoms with E-state index in [2.05, 4.69) is 4.74 Å². The van der Waals surface area contributed by atoms with Crippen LogP contribution in [0.2, 0.25) is 0 Å². The van der Waals surface area contributed by atoms with Gasteiger partial charge in [0.1, 0.15) is 6.04 Å². The number of hydrogen-bond acceptors (Lipinski definition) is 5. The lowest BCUT2D eigenvalue weighted by Crippen LogP contribution is -2.50. The molecule has 0 aromatic heterocycles. The van der Waals surface area contributed by atoms with Crippen LogP contribution in [-0.4, -0.2) is 74.4 Å². The standard InChI is InChI=1S/C11H20F3N3O2/c1-19-10(18)9(15)2-3-16-4-6-17(7-5-16)8-11(12,13)14/h9H,2-8,15H2,1H3. The van der Waals surface area contributed by atoms with E-state index in [1.807, 2.05) is 4.90 Å². The summed E-state index contributed by atoms with van der Waals surface area (Å²) in [6.45, 7) is 1.62. The first-order valence-corrected chi connectivity index (χ1v) is 6.16. The first kappa shape index (κ1) is 16.2. The van der Waals surface area contributed by atoms with Gasteiger partial charge in [0.2, 0.25) is 0 Å². The molecule has 1 aliphatic heterocycles. The lowest BCUT2D eigenvalue weighted by molar-refractivity contribution is -0.149. The number of nitrogens with two attached hydrogens (primary N) is 1. The van der Waals surface area contributed by atoms with Gasteiger partial charge in [-0.05, 0) is 6.42 Å². The second-order valence-corrected chi connectivity index (χ2v) is 4.65. The number of methoxy groups -OCH3 is 1. The van der Waals surface area contributed by atoms with Crippen molar-refractivity contribution >= 4 is 5.97 Å². The van der Waals surface area contributed by atoms with Gasteiger partial charge in [-0.1, -0.05) is 0 Å². The molecule has 112 valence electrons. The molecule has 19 heavy (non-hydrogen) atoms. The number of halogens is 3. The maximum atomic E-state index is 12.2. The number of piperazine rings is 1. The zero-order valence-electron chi connectivity index (χ0n) is 10.9. The summed E-state index contributed by atoms with van der Waals surface area (Å²) < 4.78 is 41.1. The average molecular weight is 283 g/mol. The van der Waals surface area contributed by atoms with Crippen LogP contribution in [0.15, 0.2) is 0 Å². The molecule has 1 heterocycles. The van der Waals surface area contributed by atoms with Crippen molar-refractivity contribution in [3.63, 3.8) is 0 Å². The van der Waals surface area contributed by atoms with Gasteiger partial charge in [0.15, 0.2) is 0 Å². The molecular weight excluding hydrogens is 263 g/mol. The summed E-state index contributed by atoms with van der Waals surface area (Å²) in [4.78, 5) is 14.5. The first-order valence-electron chi connectivity index (χ1n) is 6.16. The molecule has 1 rings (SSSR count). The van der Waals surface area contributed by atoms with Crippen molar-refractivity contribution in [3.8, 4) is 0 Å². The van der Waals surface area contributed by atoms with Crippen LogP contribution in [0.1, 0.15) is 6.42 Å². The van der Waals surface area contributed by atoms with E-state index in [9.17, 15) is 18.0 Å². The van der Waals surface area contributed by atoms with Gasteiger partial charge in [-0.3, -0.25) is 9.69 Å². The van der Waals surface area contributed by atoms with E-state index < -0.39 is 24.7 Å². The third kappa shape index (κ3) is 6.22. The van der Waals surface area contributed by atoms with Crippen molar-refractivity contribution in [2.24, 2.45) is 5.73 Å². The summed E-state index contributed by atoms with van der Waals surface area (Å²) in [5.41, 5.74) is 5.60. The highest BCUT2D eigenvalue weighted by molar-refractivity contribution is 5.75. The monoisotopic (exact) mass is 283 g/mol. The second kappa shape index (κ2) is 7.06. The number of esters is 1. The van der Waals surface area contributed by atoms with Crippen molar-refractivity contribution in [2.45, 2.75) is 18.6 Å². The van der Waals surface area contributed by atoms with Gasteiger partial charge in [-0.15, -0.1) is 0 Å². The Balaban J connectivity index is 2.22. The predicted octanol–water partition coefficient (Wildman–Crippen LogP) is 0.0567. The Bertz CT molecular complexity index is 291. The minimum Gasteiger partial charge on any atom is -0.468 e. The summed E-state index contributed by atoms with van der Waals surface area (Å²) in [5, 5.41) is 0. The lowest BCUT2D eigenvalue weighted by Gasteiger charge is -2.35. The molecule has 0 aromatic rings. The van der Waals surface area contributed by atoms with Gasteiger partial charge < -0.3 is 15.4 Å². The molecule has 1 saturated heterocycles. The maximum absolute atomic E-state index is 12.2. The predicted molar refractivity (Wildman–Crippen MR) is 63.5 cm³/mol. The van der Waals surface area contributed by atoms with Gasteiger partial charge in [0.25, 0.3) is 0 Å². The summed E-state index contributed by atoms with van der Waals surface area (Å²) >= 11 is 0. The Kier molecular flexibility index (Phi) is 6.02. The zero-order valence-corrected chi connectivity index (χ0v) is 10.9. The molecule has 1 aliphatic rings. The van der Waals surface area contributed by atoms with Crippen LogP contribution in [0.3, 0.4) is 0 Å². The number of alkyl halides is 3. The second-order valence-electron chi connectivity index (χ2n) is 4.65. The molecule has 0 spiro atoms. The molecule has 1 fully saturated rings. The number of ether oxygens (including phenoxy) is 1. The minimum absolute atomic E-state index is 0.382. The molecule has 0 aliphatic carbocycles. The number of rotatable bonds is 5. The molecule has 1 unspecified atom stereocenters. The lowest BCUT2D eigenvalue weighted by atomic mass is 10.2. The molecule has 0 saturated carbocycles. The maximum Gasteiger partial charge on any atom is 0.401 e. The SMILES string of the molecule is COC(=O)C(N)CCN1CCN(CC(F)(F)F)CC1. The quantitative estimate of drug-likeness (QED) is 0.723. The number of nitrogens with zero attached hydrogens (tertiary/aromatic N) is 2. The van der Waals surface area contributed by atoms with Gasteiger partial charge in [-0.2, -0.15) is 13.2 Å². The van der Waals surface area contributed by atoms with Crippen molar-refractivity contribution in [1.29, 1.82) is 0 Å². The molecule has 8 heteroatoms. The van der Waals surface area contributed by atoms with Crippen molar-refractivity contribution in [1.82, 2.24) is 9.80 Å². The Morgan fingerprint density at radius 3 is 2.26 bits per heavy atom. The van der Waals surface area contributed by atoms with Gasteiger partial charge >= 0.3 is 12.1 Å². The topological polar surface area (TPSA) is 58.8 Å². The smallest absolute Gasteiger partial charge is 0.401 e. The molecule has 1 atom stereocenters. The van der Waals surface area contributed by atoms with Crippen LogP contribution >= 0.6 is 0 Å². The van der Waals surface area contributed by atoms with E-state index >= 15 is 0 Å².